The zero-order valence-electron chi connectivity index (χ0n) is 17.9. The first-order valence-electron chi connectivity index (χ1n) is 10.2. The van der Waals surface area contributed by atoms with Crippen molar-refractivity contribution in [1.82, 2.24) is 9.97 Å². The topological polar surface area (TPSA) is 93.3 Å². The third-order valence-electron chi connectivity index (χ3n) is 5.17. The average molecular weight is 468 g/mol. The number of amides is 1. The lowest BCUT2D eigenvalue weighted by Gasteiger charge is -2.26. The zero-order chi connectivity index (χ0) is 23.4. The van der Waals surface area contributed by atoms with Gasteiger partial charge in [-0.3, -0.25) is 9.59 Å². The molecule has 4 rings (SSSR count). The van der Waals surface area contributed by atoms with Gasteiger partial charge in [0.2, 0.25) is 5.91 Å². The monoisotopic (exact) mass is 467 g/mol. The maximum absolute atomic E-state index is 13.1. The molecular weight excluding hydrogens is 445 g/mol. The van der Waals surface area contributed by atoms with E-state index in [0.717, 1.165) is 5.56 Å². The van der Waals surface area contributed by atoms with E-state index in [-0.39, 0.29) is 36.1 Å². The van der Waals surface area contributed by atoms with E-state index >= 15 is 0 Å². The predicted octanol–water partition coefficient (Wildman–Crippen LogP) is 4.25. The van der Waals surface area contributed by atoms with Gasteiger partial charge in [-0.15, -0.1) is 0 Å². The van der Waals surface area contributed by atoms with Crippen molar-refractivity contribution in [1.29, 1.82) is 0 Å². The van der Waals surface area contributed by atoms with E-state index in [9.17, 15) is 14.0 Å². The fourth-order valence-corrected chi connectivity index (χ4v) is 4.50. The van der Waals surface area contributed by atoms with Gasteiger partial charge in [0, 0.05) is 23.7 Å². The van der Waals surface area contributed by atoms with Crippen LogP contribution in [0.4, 0.5) is 10.2 Å². The number of para-hydroxylation sites is 1. The molecule has 2 heterocycles. The standard InChI is InChI=1S/C24H22FN3O4S/c1-3-11-32-21-16(5-4-6-18(21)31-2)17-12-19(29)26-22-20(17)23(30)28-24(27-22)33-13-14-7-9-15(25)10-8-14/h3-10,17H,1,11-13H2,2H3,(H2,26,27,28,29,30). The summed E-state index contributed by atoms with van der Waals surface area (Å²) in [7, 11) is 1.53. The molecule has 0 fully saturated rings. The van der Waals surface area contributed by atoms with Gasteiger partial charge in [0.05, 0.1) is 12.7 Å². The number of thioether (sulfide) groups is 1. The highest BCUT2D eigenvalue weighted by molar-refractivity contribution is 7.98. The number of hydrogen-bond acceptors (Lipinski definition) is 6. The van der Waals surface area contributed by atoms with Crippen LogP contribution in [0.15, 0.2) is 65.1 Å². The van der Waals surface area contributed by atoms with Crippen LogP contribution < -0.4 is 20.3 Å². The van der Waals surface area contributed by atoms with Crippen molar-refractivity contribution >= 4 is 23.5 Å². The molecule has 2 aromatic carbocycles. The van der Waals surface area contributed by atoms with Crippen molar-refractivity contribution in [3.8, 4) is 11.5 Å². The van der Waals surface area contributed by atoms with Crippen LogP contribution in [0.3, 0.4) is 0 Å². The SMILES string of the molecule is C=CCOc1c(OC)cccc1C1CC(=O)Nc2nc(SCc3ccc(F)cc3)[nH]c(=O)c21. The number of halogens is 1. The molecule has 1 aliphatic rings. The van der Waals surface area contributed by atoms with Crippen LogP contribution >= 0.6 is 11.8 Å². The minimum atomic E-state index is -0.559. The van der Waals surface area contributed by atoms with Crippen LogP contribution in [-0.2, 0) is 10.5 Å². The number of aromatic amines is 1. The third-order valence-corrected chi connectivity index (χ3v) is 6.11. The highest BCUT2D eigenvalue weighted by Crippen LogP contribution is 2.42. The Kier molecular flexibility index (Phi) is 6.79. The predicted molar refractivity (Wildman–Crippen MR) is 125 cm³/mol. The molecule has 9 heteroatoms. The Labute approximate surface area is 194 Å². The number of H-pyrrole nitrogens is 1. The van der Waals surface area contributed by atoms with Gasteiger partial charge in [0.25, 0.3) is 5.56 Å². The van der Waals surface area contributed by atoms with E-state index in [0.29, 0.717) is 33.5 Å². The maximum atomic E-state index is 13.1. The van der Waals surface area contributed by atoms with Crippen LogP contribution in [0.2, 0.25) is 0 Å². The Morgan fingerprint density at radius 2 is 2.03 bits per heavy atom. The molecule has 1 aromatic heterocycles. The van der Waals surface area contributed by atoms with Gasteiger partial charge in [-0.2, -0.15) is 0 Å². The fraction of sp³-hybridized carbons (Fsp3) is 0.208. The van der Waals surface area contributed by atoms with Gasteiger partial charge in [0.15, 0.2) is 16.7 Å². The molecule has 1 amide bonds. The van der Waals surface area contributed by atoms with Crippen LogP contribution in [0.25, 0.3) is 0 Å². The summed E-state index contributed by atoms with van der Waals surface area (Å²) in [6, 6.07) is 11.5. The summed E-state index contributed by atoms with van der Waals surface area (Å²) >= 11 is 1.29. The molecule has 0 spiro atoms. The number of methoxy groups -OCH3 is 1. The average Bonchev–Trinajstić information content (AvgIpc) is 2.81. The number of nitrogens with zero attached hydrogens (tertiary/aromatic N) is 1. The summed E-state index contributed by atoms with van der Waals surface area (Å²) in [6.45, 7) is 3.92. The first-order chi connectivity index (χ1) is 16.0. The summed E-state index contributed by atoms with van der Waals surface area (Å²) in [5, 5.41) is 3.08. The van der Waals surface area contributed by atoms with Gasteiger partial charge < -0.3 is 19.8 Å². The van der Waals surface area contributed by atoms with E-state index in [1.807, 2.05) is 6.07 Å². The van der Waals surface area contributed by atoms with Gasteiger partial charge in [-0.1, -0.05) is 48.7 Å². The number of carbonyl (C=O) groups excluding carboxylic acids is 1. The molecule has 0 bridgehead atoms. The molecular formula is C24H22FN3O4S. The van der Waals surface area contributed by atoms with Gasteiger partial charge >= 0.3 is 0 Å². The van der Waals surface area contributed by atoms with Crippen molar-refractivity contribution < 1.29 is 18.7 Å². The molecule has 33 heavy (non-hydrogen) atoms. The van der Waals surface area contributed by atoms with E-state index in [1.54, 1.807) is 30.3 Å². The number of fused-ring (bicyclic) bond motifs is 1. The van der Waals surface area contributed by atoms with Crippen molar-refractivity contribution in [2.45, 2.75) is 23.2 Å². The maximum Gasteiger partial charge on any atom is 0.257 e. The molecule has 3 aromatic rings. The lowest BCUT2D eigenvalue weighted by molar-refractivity contribution is -0.116. The Hall–Kier alpha value is -3.59. The number of benzene rings is 2. The second-order valence-electron chi connectivity index (χ2n) is 7.33. The second-order valence-corrected chi connectivity index (χ2v) is 8.30. The van der Waals surface area contributed by atoms with E-state index in [4.69, 9.17) is 9.47 Å². The van der Waals surface area contributed by atoms with Crippen molar-refractivity contribution in [2.75, 3.05) is 19.0 Å². The van der Waals surface area contributed by atoms with Crippen molar-refractivity contribution in [3.63, 3.8) is 0 Å². The Balaban J connectivity index is 1.70. The Morgan fingerprint density at radius 3 is 2.76 bits per heavy atom. The number of ether oxygens (including phenoxy) is 2. The molecule has 7 nitrogen and oxygen atoms in total. The zero-order valence-corrected chi connectivity index (χ0v) is 18.7. The molecule has 0 saturated heterocycles. The highest BCUT2D eigenvalue weighted by atomic mass is 32.2. The normalized spacial score (nSPS) is 14.8. The lowest BCUT2D eigenvalue weighted by atomic mass is 9.86. The summed E-state index contributed by atoms with van der Waals surface area (Å²) in [6.07, 6.45) is 1.67. The summed E-state index contributed by atoms with van der Waals surface area (Å²) in [4.78, 5) is 32.9. The number of anilines is 1. The Morgan fingerprint density at radius 1 is 1.24 bits per heavy atom. The first kappa shape index (κ1) is 22.6. The van der Waals surface area contributed by atoms with E-state index in [1.165, 1.54) is 31.0 Å². The van der Waals surface area contributed by atoms with Gasteiger partial charge in [-0.05, 0) is 23.8 Å². The molecule has 1 aliphatic heterocycles. The number of nitrogens with one attached hydrogen (secondary N) is 2. The minimum Gasteiger partial charge on any atom is -0.493 e. The molecule has 1 unspecified atom stereocenters. The molecule has 0 radical (unpaired) electrons. The third kappa shape index (κ3) is 4.93. The van der Waals surface area contributed by atoms with Crippen LogP contribution in [0, 0.1) is 5.82 Å². The molecule has 0 aliphatic carbocycles. The molecule has 170 valence electrons. The van der Waals surface area contributed by atoms with Crippen LogP contribution in [0.1, 0.15) is 29.0 Å². The smallest absolute Gasteiger partial charge is 0.257 e. The number of hydrogen-bond donors (Lipinski definition) is 2. The fourth-order valence-electron chi connectivity index (χ4n) is 3.68. The largest absolute Gasteiger partial charge is 0.493 e. The number of rotatable bonds is 8. The summed E-state index contributed by atoms with van der Waals surface area (Å²) in [5.41, 5.74) is 1.55. The Bertz CT molecular complexity index is 1240. The number of aromatic nitrogens is 2. The lowest BCUT2D eigenvalue weighted by Crippen LogP contribution is -2.31. The molecule has 0 saturated carbocycles. The first-order valence-corrected chi connectivity index (χ1v) is 11.2. The van der Waals surface area contributed by atoms with E-state index < -0.39 is 5.92 Å². The van der Waals surface area contributed by atoms with Gasteiger partial charge in [-0.25, -0.2) is 9.37 Å². The number of carbonyl (C=O) groups is 1. The van der Waals surface area contributed by atoms with Gasteiger partial charge in [0.1, 0.15) is 18.2 Å². The second kappa shape index (κ2) is 9.91. The highest BCUT2D eigenvalue weighted by Gasteiger charge is 2.33. The van der Waals surface area contributed by atoms with Crippen molar-refractivity contribution in [3.05, 3.63) is 88.0 Å². The summed E-state index contributed by atoms with van der Waals surface area (Å²) < 4.78 is 24.4. The molecule has 2 N–H and O–H groups in total. The van der Waals surface area contributed by atoms with Crippen LogP contribution in [-0.4, -0.2) is 29.6 Å². The summed E-state index contributed by atoms with van der Waals surface area (Å²) in [5.74, 6) is 0.534. The van der Waals surface area contributed by atoms with E-state index in [2.05, 4.69) is 21.9 Å². The quantitative estimate of drug-likeness (QED) is 0.292. The van der Waals surface area contributed by atoms with Crippen molar-refractivity contribution in [2.24, 2.45) is 0 Å². The minimum absolute atomic E-state index is 0.0669. The van der Waals surface area contributed by atoms with Crippen LogP contribution in [0.5, 0.6) is 11.5 Å². The molecule has 1 atom stereocenters.